The van der Waals surface area contributed by atoms with Crippen LogP contribution >= 0.6 is 0 Å². The second-order valence-corrected chi connectivity index (χ2v) is 2.82. The highest BCUT2D eigenvalue weighted by Crippen LogP contribution is 1.92. The van der Waals surface area contributed by atoms with Crippen LogP contribution in [-0.2, 0) is 0 Å². The molecule has 16 heavy (non-hydrogen) atoms. The zero-order chi connectivity index (χ0) is 12.2. The van der Waals surface area contributed by atoms with Gasteiger partial charge in [-0.3, -0.25) is 0 Å². The highest BCUT2D eigenvalue weighted by Gasteiger charge is 1.72. The van der Waals surface area contributed by atoms with E-state index in [4.69, 9.17) is 4.79 Å². The number of H-pyrrole nitrogens is 1. The van der Waals surface area contributed by atoms with Gasteiger partial charge in [-0.15, -0.1) is 0 Å². The van der Waals surface area contributed by atoms with Crippen LogP contribution < -0.4 is 11.5 Å². The topological polar surface area (TPSA) is 97.8 Å². The summed E-state index contributed by atoms with van der Waals surface area (Å²) in [6.45, 7) is 2.08. The number of aromatic nitrogens is 2. The lowest BCUT2D eigenvalue weighted by atomic mass is 10.2. The lowest BCUT2D eigenvalue weighted by Crippen LogP contribution is -2.18. The summed E-state index contributed by atoms with van der Waals surface area (Å²) in [4.78, 5) is 15.4. The Hall–Kier alpha value is -2.30. The van der Waals surface area contributed by atoms with E-state index in [0.29, 0.717) is 0 Å². The van der Waals surface area contributed by atoms with Crippen LogP contribution in [0, 0.1) is 6.92 Å². The summed E-state index contributed by atoms with van der Waals surface area (Å²) in [6, 6.07) is 9.43. The van der Waals surface area contributed by atoms with E-state index in [1.54, 1.807) is 18.7 Å². The molecule has 0 saturated heterocycles. The molecule has 0 saturated carbocycles. The van der Waals surface area contributed by atoms with E-state index in [9.17, 15) is 0 Å². The van der Waals surface area contributed by atoms with Crippen molar-refractivity contribution in [1.29, 1.82) is 0 Å². The summed E-state index contributed by atoms with van der Waals surface area (Å²) in [7, 11) is 0. The SMILES string of the molecule is Cc1ccccc1.NC(N)=O.c1c[nH]cn1. The second kappa shape index (κ2) is 9.26. The van der Waals surface area contributed by atoms with E-state index in [0.717, 1.165) is 0 Å². The number of aryl methyl sites for hydroxylation is 1. The highest BCUT2D eigenvalue weighted by atomic mass is 16.2. The van der Waals surface area contributed by atoms with Gasteiger partial charge in [-0.25, -0.2) is 9.78 Å². The van der Waals surface area contributed by atoms with Gasteiger partial charge in [0.1, 0.15) is 0 Å². The summed E-state index contributed by atoms with van der Waals surface area (Å²) >= 11 is 0. The Kier molecular flexibility index (Phi) is 7.93. The molecule has 2 rings (SSSR count). The van der Waals surface area contributed by atoms with Crippen molar-refractivity contribution >= 4 is 6.03 Å². The van der Waals surface area contributed by atoms with Gasteiger partial charge < -0.3 is 16.5 Å². The Morgan fingerprint density at radius 1 is 1.25 bits per heavy atom. The number of primary amides is 2. The number of nitrogens with zero attached hydrogens (tertiary/aromatic N) is 1. The van der Waals surface area contributed by atoms with Crippen molar-refractivity contribution in [1.82, 2.24) is 9.97 Å². The van der Waals surface area contributed by atoms with Crippen LogP contribution in [0.2, 0.25) is 0 Å². The molecule has 5 N–H and O–H groups in total. The highest BCUT2D eigenvalue weighted by molar-refractivity contribution is 5.69. The first-order valence-electron chi connectivity index (χ1n) is 4.62. The zero-order valence-electron chi connectivity index (χ0n) is 9.13. The molecular formula is C11H16N4O. The van der Waals surface area contributed by atoms with Gasteiger partial charge in [-0.05, 0) is 6.92 Å². The molecular weight excluding hydrogens is 204 g/mol. The molecule has 0 aliphatic rings. The summed E-state index contributed by atoms with van der Waals surface area (Å²) in [6.07, 6.45) is 5.08. The number of nitrogens with two attached hydrogens (primary N) is 2. The molecule has 86 valence electrons. The van der Waals surface area contributed by atoms with Crippen molar-refractivity contribution in [2.75, 3.05) is 0 Å². The van der Waals surface area contributed by atoms with Gasteiger partial charge in [0.25, 0.3) is 0 Å². The van der Waals surface area contributed by atoms with Gasteiger partial charge in [0.15, 0.2) is 0 Å². The van der Waals surface area contributed by atoms with Crippen molar-refractivity contribution in [3.63, 3.8) is 0 Å². The number of hydrogen-bond donors (Lipinski definition) is 3. The van der Waals surface area contributed by atoms with E-state index in [1.807, 2.05) is 18.2 Å². The van der Waals surface area contributed by atoms with Crippen LogP contribution in [0.5, 0.6) is 0 Å². The van der Waals surface area contributed by atoms with Crippen LogP contribution in [0.15, 0.2) is 49.1 Å². The van der Waals surface area contributed by atoms with Gasteiger partial charge in [-0.1, -0.05) is 35.9 Å². The molecule has 0 radical (unpaired) electrons. The molecule has 2 amide bonds. The first kappa shape index (κ1) is 13.7. The van der Waals surface area contributed by atoms with Crippen molar-refractivity contribution in [2.45, 2.75) is 6.92 Å². The van der Waals surface area contributed by atoms with E-state index in [2.05, 4.69) is 40.5 Å². The fraction of sp³-hybridized carbons (Fsp3) is 0.0909. The van der Waals surface area contributed by atoms with Gasteiger partial charge in [0.2, 0.25) is 0 Å². The fourth-order valence-electron chi connectivity index (χ4n) is 0.750. The molecule has 1 aromatic carbocycles. The normalized spacial score (nSPS) is 7.81. The first-order chi connectivity index (χ1) is 7.63. The number of amides is 2. The number of urea groups is 1. The zero-order valence-corrected chi connectivity index (χ0v) is 9.13. The number of imidazole rings is 1. The minimum Gasteiger partial charge on any atom is -0.352 e. The Labute approximate surface area is 94.5 Å². The minimum absolute atomic E-state index is 0.833. The van der Waals surface area contributed by atoms with Crippen LogP contribution in [-0.4, -0.2) is 16.0 Å². The smallest absolute Gasteiger partial charge is 0.309 e. The van der Waals surface area contributed by atoms with Gasteiger partial charge >= 0.3 is 6.03 Å². The summed E-state index contributed by atoms with van der Waals surface area (Å²) in [5, 5.41) is 0. The number of benzene rings is 1. The van der Waals surface area contributed by atoms with Crippen LogP contribution in [0.3, 0.4) is 0 Å². The van der Waals surface area contributed by atoms with E-state index >= 15 is 0 Å². The summed E-state index contributed by atoms with van der Waals surface area (Å²) < 4.78 is 0. The van der Waals surface area contributed by atoms with Crippen LogP contribution in [0.25, 0.3) is 0 Å². The number of carbonyl (C=O) groups excluding carboxylic acids is 1. The Morgan fingerprint density at radius 2 is 1.81 bits per heavy atom. The van der Waals surface area contributed by atoms with Crippen molar-refractivity contribution in [3.8, 4) is 0 Å². The predicted octanol–water partition coefficient (Wildman–Crippen LogP) is 1.43. The maximum absolute atomic E-state index is 9.00. The van der Waals surface area contributed by atoms with Crippen molar-refractivity contribution in [3.05, 3.63) is 54.6 Å². The molecule has 0 aliphatic heterocycles. The average molecular weight is 220 g/mol. The lowest BCUT2D eigenvalue weighted by Gasteiger charge is -1.82. The van der Waals surface area contributed by atoms with E-state index in [1.165, 1.54) is 5.56 Å². The molecule has 5 nitrogen and oxygen atoms in total. The van der Waals surface area contributed by atoms with Crippen molar-refractivity contribution in [2.24, 2.45) is 11.5 Å². The molecule has 1 aromatic heterocycles. The fourth-order valence-corrected chi connectivity index (χ4v) is 0.750. The van der Waals surface area contributed by atoms with E-state index < -0.39 is 6.03 Å². The van der Waals surface area contributed by atoms with Gasteiger partial charge in [0, 0.05) is 12.4 Å². The number of aromatic amines is 1. The third-order valence-electron chi connectivity index (χ3n) is 1.35. The molecule has 0 fully saturated rings. The second-order valence-electron chi connectivity index (χ2n) is 2.82. The molecule has 0 bridgehead atoms. The molecule has 0 atom stereocenters. The molecule has 5 heteroatoms. The number of carbonyl (C=O) groups is 1. The summed E-state index contributed by atoms with van der Waals surface area (Å²) in [5.74, 6) is 0. The standard InChI is InChI=1S/C7H8.C3H4N2.CH4N2O/c1-7-5-3-2-4-6-7;1-2-5-3-4-1;2-1(3)4/h2-6H,1H3;1-3H,(H,4,5);(H4,2,3,4). The number of hydrogen-bond acceptors (Lipinski definition) is 2. The Bertz CT molecular complexity index is 338. The average Bonchev–Trinajstić information content (AvgIpc) is 2.75. The molecule has 0 aliphatic carbocycles. The summed E-state index contributed by atoms with van der Waals surface area (Å²) in [5.41, 5.74) is 9.82. The largest absolute Gasteiger partial charge is 0.352 e. The van der Waals surface area contributed by atoms with Crippen LogP contribution in [0.1, 0.15) is 5.56 Å². The minimum atomic E-state index is -0.833. The van der Waals surface area contributed by atoms with Gasteiger partial charge in [-0.2, -0.15) is 0 Å². The molecule has 0 unspecified atom stereocenters. The quantitative estimate of drug-likeness (QED) is 0.625. The van der Waals surface area contributed by atoms with E-state index in [-0.39, 0.29) is 0 Å². The molecule has 1 heterocycles. The third kappa shape index (κ3) is 11.7. The number of nitrogens with one attached hydrogen (secondary N) is 1. The van der Waals surface area contributed by atoms with Crippen LogP contribution in [0.4, 0.5) is 4.79 Å². The maximum atomic E-state index is 9.00. The number of rotatable bonds is 0. The molecule has 0 spiro atoms. The van der Waals surface area contributed by atoms with Gasteiger partial charge in [0.05, 0.1) is 6.33 Å². The predicted molar refractivity (Wildman–Crippen MR) is 63.5 cm³/mol. The lowest BCUT2D eigenvalue weighted by molar-refractivity contribution is 0.256. The van der Waals surface area contributed by atoms with Crippen molar-refractivity contribution < 1.29 is 4.79 Å². The third-order valence-corrected chi connectivity index (χ3v) is 1.35. The monoisotopic (exact) mass is 220 g/mol. The Morgan fingerprint density at radius 3 is 2.00 bits per heavy atom. The maximum Gasteiger partial charge on any atom is 0.309 e. The first-order valence-corrected chi connectivity index (χ1v) is 4.62. The molecule has 2 aromatic rings. The Balaban J connectivity index is 0.000000222.